The maximum absolute atomic E-state index is 12.2. The summed E-state index contributed by atoms with van der Waals surface area (Å²) in [6, 6.07) is 7.17. The number of hydrogen-bond donors (Lipinski definition) is 2. The Hall–Kier alpha value is -1.56. The summed E-state index contributed by atoms with van der Waals surface area (Å²) in [6.45, 7) is 4.00. The minimum Gasteiger partial charge on any atom is -0.399 e. The topological polar surface area (TPSA) is 89.3 Å². The number of carbonyl (C=O) groups excluding carboxylic acids is 1. The molecule has 0 unspecified atom stereocenters. The lowest BCUT2D eigenvalue weighted by atomic mass is 9.83. The van der Waals surface area contributed by atoms with Gasteiger partial charge in [-0.2, -0.15) is 0 Å². The SMILES string of the molecule is CC(C)(C(=O)NCCCS(C)(=O)=O)c1ccc(N)cc1. The third-order valence-electron chi connectivity index (χ3n) is 3.18. The van der Waals surface area contributed by atoms with E-state index in [2.05, 4.69) is 5.32 Å². The lowest BCUT2D eigenvalue weighted by Crippen LogP contribution is -2.40. The molecule has 3 N–H and O–H groups in total. The van der Waals surface area contributed by atoms with Gasteiger partial charge in [-0.1, -0.05) is 12.1 Å². The van der Waals surface area contributed by atoms with E-state index in [1.165, 1.54) is 6.26 Å². The Labute approximate surface area is 120 Å². The molecule has 0 bridgehead atoms. The molecule has 0 saturated heterocycles. The molecule has 112 valence electrons. The van der Waals surface area contributed by atoms with Crippen molar-refractivity contribution < 1.29 is 13.2 Å². The molecule has 1 aromatic rings. The van der Waals surface area contributed by atoms with Gasteiger partial charge in [0.05, 0.1) is 11.2 Å². The third-order valence-corrected chi connectivity index (χ3v) is 4.21. The van der Waals surface area contributed by atoms with Crippen LogP contribution in [0.5, 0.6) is 0 Å². The van der Waals surface area contributed by atoms with E-state index in [0.29, 0.717) is 18.7 Å². The minimum absolute atomic E-state index is 0.0789. The van der Waals surface area contributed by atoms with E-state index >= 15 is 0 Å². The highest BCUT2D eigenvalue weighted by atomic mass is 32.2. The fraction of sp³-hybridized carbons (Fsp3) is 0.500. The quantitative estimate of drug-likeness (QED) is 0.608. The molecule has 0 fully saturated rings. The Balaban J connectivity index is 2.59. The van der Waals surface area contributed by atoms with Crippen LogP contribution < -0.4 is 11.1 Å². The van der Waals surface area contributed by atoms with Crippen molar-refractivity contribution in [2.24, 2.45) is 0 Å². The monoisotopic (exact) mass is 298 g/mol. The van der Waals surface area contributed by atoms with E-state index in [1.54, 1.807) is 12.1 Å². The van der Waals surface area contributed by atoms with Crippen molar-refractivity contribution >= 4 is 21.4 Å². The van der Waals surface area contributed by atoms with Gasteiger partial charge in [0.25, 0.3) is 0 Å². The number of nitrogens with one attached hydrogen (secondary N) is 1. The normalized spacial score (nSPS) is 12.2. The van der Waals surface area contributed by atoms with Crippen molar-refractivity contribution in [3.8, 4) is 0 Å². The molecule has 0 saturated carbocycles. The number of nitrogen functional groups attached to an aromatic ring is 1. The van der Waals surface area contributed by atoms with Crippen LogP contribution in [-0.4, -0.2) is 32.9 Å². The van der Waals surface area contributed by atoms with Gasteiger partial charge in [-0.05, 0) is 38.0 Å². The average molecular weight is 298 g/mol. The van der Waals surface area contributed by atoms with E-state index in [9.17, 15) is 13.2 Å². The Bertz CT molecular complexity index is 563. The number of rotatable bonds is 6. The third kappa shape index (κ3) is 4.85. The predicted molar refractivity (Wildman–Crippen MR) is 81.2 cm³/mol. The Morgan fingerprint density at radius 2 is 1.80 bits per heavy atom. The van der Waals surface area contributed by atoms with Crippen LogP contribution in [0.25, 0.3) is 0 Å². The first-order chi connectivity index (χ1) is 9.13. The zero-order chi connectivity index (χ0) is 15.4. The van der Waals surface area contributed by atoms with Gasteiger partial charge in [-0.25, -0.2) is 8.42 Å². The second-order valence-corrected chi connectivity index (χ2v) is 7.75. The molecule has 0 heterocycles. The van der Waals surface area contributed by atoms with Gasteiger partial charge >= 0.3 is 0 Å². The van der Waals surface area contributed by atoms with Crippen LogP contribution in [0.3, 0.4) is 0 Å². The summed E-state index contributed by atoms with van der Waals surface area (Å²) in [7, 11) is -2.98. The Kier molecular flexibility index (Phi) is 5.16. The second-order valence-electron chi connectivity index (χ2n) is 5.49. The lowest BCUT2D eigenvalue weighted by Gasteiger charge is -2.24. The number of sulfone groups is 1. The van der Waals surface area contributed by atoms with Gasteiger partial charge in [0.2, 0.25) is 5.91 Å². The summed E-state index contributed by atoms with van der Waals surface area (Å²) in [5, 5.41) is 2.77. The van der Waals surface area contributed by atoms with Gasteiger partial charge in [0, 0.05) is 18.5 Å². The van der Waals surface area contributed by atoms with Crippen LogP contribution >= 0.6 is 0 Å². The largest absolute Gasteiger partial charge is 0.399 e. The first-order valence-electron chi connectivity index (χ1n) is 6.45. The van der Waals surface area contributed by atoms with Crippen molar-refractivity contribution in [3.05, 3.63) is 29.8 Å². The standard InChI is InChI=1S/C14H22N2O3S/c1-14(2,11-5-7-12(15)8-6-11)13(17)16-9-4-10-20(3,18)19/h5-8H,4,9-10,15H2,1-3H3,(H,16,17). The van der Waals surface area contributed by atoms with Gasteiger partial charge in [0.15, 0.2) is 0 Å². The molecule has 0 aliphatic rings. The summed E-state index contributed by atoms with van der Waals surface area (Å²) >= 11 is 0. The fourth-order valence-electron chi connectivity index (χ4n) is 1.79. The summed E-state index contributed by atoms with van der Waals surface area (Å²) in [4.78, 5) is 12.2. The number of nitrogens with two attached hydrogens (primary N) is 1. The van der Waals surface area contributed by atoms with Crippen molar-refractivity contribution in [1.29, 1.82) is 0 Å². The summed E-state index contributed by atoms with van der Waals surface area (Å²) in [5.74, 6) is -0.0500. The van der Waals surface area contributed by atoms with E-state index in [0.717, 1.165) is 5.56 Å². The molecule has 0 aliphatic heterocycles. The van der Waals surface area contributed by atoms with Gasteiger partial charge < -0.3 is 11.1 Å². The van der Waals surface area contributed by atoms with Crippen LogP contribution in [0.1, 0.15) is 25.8 Å². The molecule has 1 amide bonds. The van der Waals surface area contributed by atoms with Crippen LogP contribution in [0.15, 0.2) is 24.3 Å². The van der Waals surface area contributed by atoms with Crippen LogP contribution in [0.4, 0.5) is 5.69 Å². The minimum atomic E-state index is -2.98. The summed E-state index contributed by atoms with van der Waals surface area (Å²) in [6.07, 6.45) is 1.61. The predicted octanol–water partition coefficient (Wildman–Crippen LogP) is 1.10. The molecular formula is C14H22N2O3S. The van der Waals surface area contributed by atoms with E-state index in [-0.39, 0.29) is 11.7 Å². The zero-order valence-electron chi connectivity index (χ0n) is 12.1. The van der Waals surface area contributed by atoms with E-state index < -0.39 is 15.3 Å². The van der Waals surface area contributed by atoms with Crippen LogP contribution in [0.2, 0.25) is 0 Å². The molecule has 0 atom stereocenters. The molecule has 20 heavy (non-hydrogen) atoms. The average Bonchev–Trinajstić information content (AvgIpc) is 2.33. The number of anilines is 1. The smallest absolute Gasteiger partial charge is 0.230 e. The highest BCUT2D eigenvalue weighted by Crippen LogP contribution is 2.24. The number of benzene rings is 1. The molecule has 0 spiro atoms. The zero-order valence-corrected chi connectivity index (χ0v) is 13.0. The molecule has 1 aromatic carbocycles. The van der Waals surface area contributed by atoms with Crippen LogP contribution in [-0.2, 0) is 20.0 Å². The molecular weight excluding hydrogens is 276 g/mol. The highest BCUT2D eigenvalue weighted by molar-refractivity contribution is 7.90. The molecule has 0 aromatic heterocycles. The molecule has 0 radical (unpaired) electrons. The number of amides is 1. The number of carbonyl (C=O) groups is 1. The van der Waals surface area contributed by atoms with E-state index in [1.807, 2.05) is 26.0 Å². The molecule has 1 rings (SSSR count). The number of hydrogen-bond acceptors (Lipinski definition) is 4. The van der Waals surface area contributed by atoms with Crippen molar-refractivity contribution in [1.82, 2.24) is 5.32 Å². The molecule has 5 nitrogen and oxygen atoms in total. The van der Waals surface area contributed by atoms with Crippen LogP contribution in [0, 0.1) is 0 Å². The molecule has 0 aliphatic carbocycles. The lowest BCUT2D eigenvalue weighted by molar-refractivity contribution is -0.125. The summed E-state index contributed by atoms with van der Waals surface area (Å²) in [5.41, 5.74) is 6.46. The Morgan fingerprint density at radius 1 is 1.25 bits per heavy atom. The maximum Gasteiger partial charge on any atom is 0.230 e. The highest BCUT2D eigenvalue weighted by Gasteiger charge is 2.29. The van der Waals surface area contributed by atoms with Gasteiger partial charge in [-0.15, -0.1) is 0 Å². The fourth-order valence-corrected chi connectivity index (χ4v) is 2.46. The van der Waals surface area contributed by atoms with Crippen molar-refractivity contribution in [3.63, 3.8) is 0 Å². The maximum atomic E-state index is 12.2. The van der Waals surface area contributed by atoms with Gasteiger partial charge in [0.1, 0.15) is 9.84 Å². The van der Waals surface area contributed by atoms with Crippen molar-refractivity contribution in [2.45, 2.75) is 25.7 Å². The van der Waals surface area contributed by atoms with Crippen molar-refractivity contribution in [2.75, 3.05) is 24.3 Å². The second kappa shape index (κ2) is 6.26. The summed E-state index contributed by atoms with van der Waals surface area (Å²) < 4.78 is 22.0. The molecule has 6 heteroatoms. The first-order valence-corrected chi connectivity index (χ1v) is 8.51. The van der Waals surface area contributed by atoms with E-state index in [4.69, 9.17) is 5.73 Å². The first kappa shape index (κ1) is 16.5. The Morgan fingerprint density at radius 3 is 2.30 bits per heavy atom. The van der Waals surface area contributed by atoms with Gasteiger partial charge in [-0.3, -0.25) is 4.79 Å².